The number of amides is 1. The number of carbonyl (C=O) groups excluding carboxylic acids is 1. The first-order valence-corrected chi connectivity index (χ1v) is 5.30. The number of benzene rings is 1. The van der Waals surface area contributed by atoms with Crippen molar-refractivity contribution in [3.8, 4) is 5.75 Å². The number of aliphatic hydroxyl groups is 1. The van der Waals surface area contributed by atoms with Crippen LogP contribution >= 0.6 is 0 Å². The van der Waals surface area contributed by atoms with E-state index in [-0.39, 0.29) is 0 Å². The molecule has 0 fully saturated rings. The third-order valence-electron chi connectivity index (χ3n) is 2.25. The van der Waals surface area contributed by atoms with Gasteiger partial charge in [0, 0.05) is 14.2 Å². The Morgan fingerprint density at radius 1 is 1.35 bits per heavy atom. The largest absolute Gasteiger partial charge is 0.491 e. The van der Waals surface area contributed by atoms with Crippen LogP contribution in [0.1, 0.15) is 11.7 Å². The number of likely N-dealkylation sites (N-methyl/N-ethyl adjacent to an activating group) is 1. The molecule has 1 rings (SSSR count). The highest BCUT2D eigenvalue weighted by molar-refractivity contribution is 5.81. The van der Waals surface area contributed by atoms with Crippen LogP contribution in [0.4, 0.5) is 0 Å². The fraction of sp³-hybridized carbons (Fsp3) is 0.417. The van der Waals surface area contributed by atoms with Crippen molar-refractivity contribution in [1.82, 2.24) is 5.32 Å². The highest BCUT2D eigenvalue weighted by Gasteiger charge is 2.15. The van der Waals surface area contributed by atoms with Crippen LogP contribution in [0, 0.1) is 0 Å². The van der Waals surface area contributed by atoms with Crippen LogP contribution in [0.3, 0.4) is 0 Å². The van der Waals surface area contributed by atoms with E-state index in [1.54, 1.807) is 31.4 Å². The molecule has 0 radical (unpaired) electrons. The Labute approximate surface area is 100 Å². The molecule has 0 aliphatic rings. The minimum absolute atomic E-state index is 0.432. The maximum absolute atomic E-state index is 11.2. The third kappa shape index (κ3) is 4.05. The highest BCUT2D eigenvalue weighted by Crippen LogP contribution is 2.17. The average Bonchev–Trinajstić information content (AvgIpc) is 2.38. The zero-order valence-electron chi connectivity index (χ0n) is 9.97. The van der Waals surface area contributed by atoms with Gasteiger partial charge in [0.2, 0.25) is 0 Å². The third-order valence-corrected chi connectivity index (χ3v) is 2.25. The van der Waals surface area contributed by atoms with E-state index in [9.17, 15) is 9.90 Å². The summed E-state index contributed by atoms with van der Waals surface area (Å²) < 4.78 is 10.2. The normalized spacial score (nSPS) is 11.9. The molecule has 0 saturated carbocycles. The van der Waals surface area contributed by atoms with Gasteiger partial charge in [0.15, 0.2) is 6.10 Å². The van der Waals surface area contributed by atoms with E-state index >= 15 is 0 Å². The summed E-state index contributed by atoms with van der Waals surface area (Å²) in [6.45, 7) is 0.983. The van der Waals surface area contributed by atoms with Crippen LogP contribution in [0.5, 0.6) is 5.75 Å². The van der Waals surface area contributed by atoms with Crippen molar-refractivity contribution in [3.63, 3.8) is 0 Å². The van der Waals surface area contributed by atoms with E-state index in [2.05, 4.69) is 5.32 Å². The minimum Gasteiger partial charge on any atom is -0.491 e. The van der Waals surface area contributed by atoms with Crippen molar-refractivity contribution >= 4 is 5.91 Å². The molecule has 17 heavy (non-hydrogen) atoms. The topological polar surface area (TPSA) is 67.8 Å². The lowest BCUT2D eigenvalue weighted by atomic mass is 10.1. The molecular weight excluding hydrogens is 222 g/mol. The fourth-order valence-electron chi connectivity index (χ4n) is 1.28. The molecule has 1 aromatic rings. The number of methoxy groups -OCH3 is 1. The fourth-order valence-corrected chi connectivity index (χ4v) is 1.28. The second-order valence-corrected chi connectivity index (χ2v) is 3.43. The Hall–Kier alpha value is -1.59. The van der Waals surface area contributed by atoms with E-state index in [4.69, 9.17) is 9.47 Å². The minimum atomic E-state index is -1.15. The Balaban J connectivity index is 2.58. The molecule has 0 saturated heterocycles. The number of hydrogen-bond donors (Lipinski definition) is 2. The SMILES string of the molecule is CNC(=O)C(O)c1ccc(OCCOC)cc1. The predicted molar refractivity (Wildman–Crippen MR) is 62.8 cm³/mol. The number of aliphatic hydroxyl groups excluding tert-OH is 1. The first-order valence-electron chi connectivity index (χ1n) is 5.30. The molecule has 2 N–H and O–H groups in total. The van der Waals surface area contributed by atoms with Crippen molar-refractivity contribution in [1.29, 1.82) is 0 Å². The summed E-state index contributed by atoms with van der Waals surface area (Å²) in [5.41, 5.74) is 0.531. The molecule has 0 aliphatic carbocycles. The van der Waals surface area contributed by atoms with E-state index < -0.39 is 12.0 Å². The van der Waals surface area contributed by atoms with Gasteiger partial charge in [0.1, 0.15) is 12.4 Å². The summed E-state index contributed by atoms with van der Waals surface area (Å²) in [5.74, 6) is 0.243. The quantitative estimate of drug-likeness (QED) is 0.709. The van der Waals surface area contributed by atoms with Crippen LogP contribution in [0.2, 0.25) is 0 Å². The van der Waals surface area contributed by atoms with Crippen molar-refractivity contribution in [2.75, 3.05) is 27.4 Å². The molecule has 0 heterocycles. The monoisotopic (exact) mass is 239 g/mol. The molecule has 1 unspecified atom stereocenters. The van der Waals surface area contributed by atoms with Crippen LogP contribution < -0.4 is 10.1 Å². The Kier molecular flexibility index (Phi) is 5.45. The van der Waals surface area contributed by atoms with Gasteiger partial charge in [-0.15, -0.1) is 0 Å². The Morgan fingerprint density at radius 2 is 2.00 bits per heavy atom. The van der Waals surface area contributed by atoms with Gasteiger partial charge in [-0.25, -0.2) is 0 Å². The van der Waals surface area contributed by atoms with Gasteiger partial charge in [-0.2, -0.15) is 0 Å². The molecule has 0 bridgehead atoms. The van der Waals surface area contributed by atoms with Gasteiger partial charge in [0.05, 0.1) is 6.61 Å². The van der Waals surface area contributed by atoms with Gasteiger partial charge in [-0.1, -0.05) is 12.1 Å². The van der Waals surface area contributed by atoms with Crippen molar-refractivity contribution in [3.05, 3.63) is 29.8 Å². The lowest BCUT2D eigenvalue weighted by Gasteiger charge is -2.10. The number of hydrogen-bond acceptors (Lipinski definition) is 4. The zero-order valence-corrected chi connectivity index (χ0v) is 9.97. The van der Waals surface area contributed by atoms with E-state index in [1.807, 2.05) is 0 Å². The lowest BCUT2D eigenvalue weighted by Crippen LogP contribution is -2.25. The summed E-state index contributed by atoms with van der Waals surface area (Å²) in [4.78, 5) is 11.2. The maximum atomic E-state index is 11.2. The van der Waals surface area contributed by atoms with Crippen LogP contribution in [0.15, 0.2) is 24.3 Å². The maximum Gasteiger partial charge on any atom is 0.253 e. The van der Waals surface area contributed by atoms with Crippen LogP contribution in [-0.4, -0.2) is 38.4 Å². The second-order valence-electron chi connectivity index (χ2n) is 3.43. The van der Waals surface area contributed by atoms with E-state index in [1.165, 1.54) is 7.05 Å². The standard InChI is InChI=1S/C12H17NO4/c1-13-12(15)11(14)9-3-5-10(6-4-9)17-8-7-16-2/h3-6,11,14H,7-8H2,1-2H3,(H,13,15). The molecule has 94 valence electrons. The summed E-state index contributed by atoms with van der Waals surface area (Å²) in [7, 11) is 3.08. The van der Waals surface area contributed by atoms with Crippen LogP contribution in [0.25, 0.3) is 0 Å². The van der Waals surface area contributed by atoms with Crippen molar-refractivity contribution < 1.29 is 19.4 Å². The number of rotatable bonds is 6. The first-order chi connectivity index (χ1) is 8.19. The van der Waals surface area contributed by atoms with Crippen molar-refractivity contribution in [2.45, 2.75) is 6.10 Å². The molecule has 1 atom stereocenters. The molecule has 1 aromatic carbocycles. The van der Waals surface area contributed by atoms with Gasteiger partial charge in [0.25, 0.3) is 5.91 Å². The predicted octanol–water partition coefficient (Wildman–Crippen LogP) is 0.491. The second kappa shape index (κ2) is 6.88. The van der Waals surface area contributed by atoms with E-state index in [0.29, 0.717) is 24.5 Å². The van der Waals surface area contributed by atoms with Crippen molar-refractivity contribution in [2.24, 2.45) is 0 Å². The van der Waals surface area contributed by atoms with Gasteiger partial charge in [-0.05, 0) is 17.7 Å². The van der Waals surface area contributed by atoms with E-state index in [0.717, 1.165) is 0 Å². The molecule has 5 nitrogen and oxygen atoms in total. The summed E-state index contributed by atoms with van der Waals surface area (Å²) in [6, 6.07) is 6.72. The number of carbonyl (C=O) groups is 1. The van der Waals surface area contributed by atoms with Gasteiger partial charge in [-0.3, -0.25) is 4.79 Å². The Bertz CT molecular complexity index is 350. The molecular formula is C12H17NO4. The average molecular weight is 239 g/mol. The molecule has 0 spiro atoms. The summed E-state index contributed by atoms with van der Waals surface area (Å²) in [5, 5.41) is 12.0. The molecule has 0 aliphatic heterocycles. The van der Waals surface area contributed by atoms with Crippen LogP contribution in [-0.2, 0) is 9.53 Å². The number of ether oxygens (including phenoxy) is 2. The highest BCUT2D eigenvalue weighted by atomic mass is 16.5. The summed E-state index contributed by atoms with van der Waals surface area (Å²) in [6.07, 6.45) is -1.15. The molecule has 0 aromatic heterocycles. The first kappa shape index (κ1) is 13.5. The molecule has 1 amide bonds. The lowest BCUT2D eigenvalue weighted by molar-refractivity contribution is -0.129. The smallest absolute Gasteiger partial charge is 0.253 e. The Morgan fingerprint density at radius 3 is 2.53 bits per heavy atom. The molecule has 5 heteroatoms. The summed E-state index contributed by atoms with van der Waals surface area (Å²) >= 11 is 0. The van der Waals surface area contributed by atoms with Gasteiger partial charge < -0.3 is 19.9 Å². The van der Waals surface area contributed by atoms with Gasteiger partial charge >= 0.3 is 0 Å². The number of nitrogens with one attached hydrogen (secondary N) is 1. The zero-order chi connectivity index (χ0) is 12.7.